The highest BCUT2D eigenvalue weighted by atomic mass is 16.5. The first-order chi connectivity index (χ1) is 12.1. The summed E-state index contributed by atoms with van der Waals surface area (Å²) in [6.07, 6.45) is 4.42. The van der Waals surface area contributed by atoms with Crippen molar-refractivity contribution < 1.29 is 14.3 Å². The maximum absolute atomic E-state index is 12.9. The van der Waals surface area contributed by atoms with Gasteiger partial charge >= 0.3 is 0 Å². The molecule has 2 aliphatic heterocycles. The van der Waals surface area contributed by atoms with E-state index in [0.717, 1.165) is 25.9 Å². The van der Waals surface area contributed by atoms with E-state index in [1.165, 1.54) is 0 Å². The minimum absolute atomic E-state index is 0.0265. The van der Waals surface area contributed by atoms with E-state index in [2.05, 4.69) is 11.9 Å². The number of carbonyl (C=O) groups is 2. The van der Waals surface area contributed by atoms with Crippen molar-refractivity contribution in [1.29, 1.82) is 0 Å². The Bertz CT molecular complexity index is 629. The number of aromatic nitrogens is 1. The molecule has 0 bridgehead atoms. The molecule has 0 saturated carbocycles. The Balaban J connectivity index is 1.64. The van der Waals surface area contributed by atoms with Crippen LogP contribution in [0.5, 0.6) is 0 Å². The van der Waals surface area contributed by atoms with Gasteiger partial charge in [0.2, 0.25) is 5.91 Å². The zero-order valence-electron chi connectivity index (χ0n) is 14.7. The minimum atomic E-state index is -0.480. The first-order valence-electron chi connectivity index (χ1n) is 9.02. The van der Waals surface area contributed by atoms with Crippen LogP contribution >= 0.6 is 0 Å². The lowest BCUT2D eigenvalue weighted by molar-refractivity contribution is -0.145. The number of nitrogens with zero attached hydrogens (tertiary/aromatic N) is 3. The number of nitrogens with two attached hydrogens (primary N) is 1. The standard InChI is InChI=1S/C18H26N4O3/c1-2-15-13(6-4-12-25-15)18(24)22-10-8-21(9-11-22)17-14(16(19)23)5-3-7-20-17/h3,5,7,13,15H,2,4,6,8-12H2,1H3,(H2,19,23)/t13-,15-/m0/s1. The zero-order chi connectivity index (χ0) is 17.8. The number of primary amides is 1. The van der Waals surface area contributed by atoms with Gasteiger partial charge in [-0.25, -0.2) is 4.98 Å². The number of amides is 2. The summed E-state index contributed by atoms with van der Waals surface area (Å²) in [7, 11) is 0. The van der Waals surface area contributed by atoms with E-state index < -0.39 is 5.91 Å². The van der Waals surface area contributed by atoms with Gasteiger partial charge in [0.05, 0.1) is 17.6 Å². The highest BCUT2D eigenvalue weighted by Crippen LogP contribution is 2.26. The zero-order valence-corrected chi connectivity index (χ0v) is 14.7. The van der Waals surface area contributed by atoms with Crippen molar-refractivity contribution in [2.75, 3.05) is 37.7 Å². The van der Waals surface area contributed by atoms with Crippen molar-refractivity contribution in [3.8, 4) is 0 Å². The molecule has 7 heteroatoms. The van der Waals surface area contributed by atoms with Gasteiger partial charge in [-0.05, 0) is 31.4 Å². The molecule has 25 heavy (non-hydrogen) atoms. The van der Waals surface area contributed by atoms with Gasteiger partial charge in [-0.1, -0.05) is 6.92 Å². The smallest absolute Gasteiger partial charge is 0.252 e. The van der Waals surface area contributed by atoms with Gasteiger partial charge in [0.15, 0.2) is 0 Å². The third-order valence-corrected chi connectivity index (χ3v) is 5.10. The van der Waals surface area contributed by atoms with Gasteiger partial charge in [-0.15, -0.1) is 0 Å². The fraction of sp³-hybridized carbons (Fsp3) is 0.611. The number of carbonyl (C=O) groups excluding carboxylic acids is 2. The predicted molar refractivity (Wildman–Crippen MR) is 94.3 cm³/mol. The molecular formula is C18H26N4O3. The van der Waals surface area contributed by atoms with E-state index in [1.54, 1.807) is 18.3 Å². The van der Waals surface area contributed by atoms with E-state index >= 15 is 0 Å². The van der Waals surface area contributed by atoms with E-state index in [1.807, 2.05) is 9.80 Å². The summed E-state index contributed by atoms with van der Waals surface area (Å²) >= 11 is 0. The van der Waals surface area contributed by atoms with Crippen molar-refractivity contribution in [3.05, 3.63) is 23.9 Å². The molecule has 7 nitrogen and oxygen atoms in total. The quantitative estimate of drug-likeness (QED) is 0.880. The monoisotopic (exact) mass is 346 g/mol. The third-order valence-electron chi connectivity index (χ3n) is 5.10. The van der Waals surface area contributed by atoms with E-state index in [0.29, 0.717) is 37.6 Å². The Morgan fingerprint density at radius 1 is 1.32 bits per heavy atom. The number of hydrogen-bond donors (Lipinski definition) is 1. The van der Waals surface area contributed by atoms with Crippen LogP contribution in [0.1, 0.15) is 36.5 Å². The molecule has 0 aliphatic carbocycles. The molecule has 136 valence electrons. The molecule has 0 aromatic carbocycles. The maximum atomic E-state index is 12.9. The second-order valence-electron chi connectivity index (χ2n) is 6.62. The lowest BCUT2D eigenvalue weighted by Gasteiger charge is -2.39. The Kier molecular flexibility index (Phi) is 5.53. The summed E-state index contributed by atoms with van der Waals surface area (Å²) < 4.78 is 5.76. The van der Waals surface area contributed by atoms with Crippen molar-refractivity contribution >= 4 is 17.6 Å². The molecular weight excluding hydrogens is 320 g/mol. The van der Waals surface area contributed by atoms with Gasteiger partial charge in [0.25, 0.3) is 5.91 Å². The molecule has 2 N–H and O–H groups in total. The molecule has 2 amide bonds. The summed E-state index contributed by atoms with van der Waals surface area (Å²) in [6, 6.07) is 3.39. The fourth-order valence-corrected chi connectivity index (χ4v) is 3.74. The molecule has 1 aromatic heterocycles. The number of anilines is 1. The van der Waals surface area contributed by atoms with Gasteiger partial charge in [0.1, 0.15) is 5.82 Å². The molecule has 2 atom stereocenters. The molecule has 3 heterocycles. The highest BCUT2D eigenvalue weighted by molar-refractivity contribution is 5.97. The Morgan fingerprint density at radius 3 is 2.76 bits per heavy atom. The van der Waals surface area contributed by atoms with E-state index in [-0.39, 0.29) is 17.9 Å². The van der Waals surface area contributed by atoms with E-state index in [9.17, 15) is 9.59 Å². The normalized spacial score (nSPS) is 24.2. The topological polar surface area (TPSA) is 88.8 Å². The van der Waals surface area contributed by atoms with Crippen LogP contribution in [0.25, 0.3) is 0 Å². The van der Waals surface area contributed by atoms with Crippen LogP contribution in [0.3, 0.4) is 0 Å². The first kappa shape index (κ1) is 17.7. The highest BCUT2D eigenvalue weighted by Gasteiger charge is 2.35. The largest absolute Gasteiger partial charge is 0.377 e. The SMILES string of the molecule is CC[C@@H]1OCCC[C@@H]1C(=O)N1CCN(c2ncccc2C(N)=O)CC1. The summed E-state index contributed by atoms with van der Waals surface area (Å²) in [6.45, 7) is 5.37. The maximum Gasteiger partial charge on any atom is 0.252 e. The Morgan fingerprint density at radius 2 is 2.08 bits per heavy atom. The van der Waals surface area contributed by atoms with Crippen molar-refractivity contribution in [2.24, 2.45) is 11.7 Å². The number of ether oxygens (including phenoxy) is 1. The van der Waals surface area contributed by atoms with Crippen molar-refractivity contribution in [2.45, 2.75) is 32.3 Å². The summed E-state index contributed by atoms with van der Waals surface area (Å²) in [4.78, 5) is 32.7. The fourth-order valence-electron chi connectivity index (χ4n) is 3.74. The van der Waals surface area contributed by atoms with Crippen LogP contribution < -0.4 is 10.6 Å². The number of pyridine rings is 1. The van der Waals surface area contributed by atoms with Crippen LogP contribution in [0.15, 0.2) is 18.3 Å². The lowest BCUT2D eigenvalue weighted by Crippen LogP contribution is -2.53. The van der Waals surface area contributed by atoms with Crippen LogP contribution in [0.2, 0.25) is 0 Å². The summed E-state index contributed by atoms with van der Waals surface area (Å²) in [5.74, 6) is 0.296. The molecule has 0 unspecified atom stereocenters. The summed E-state index contributed by atoms with van der Waals surface area (Å²) in [5.41, 5.74) is 5.87. The third kappa shape index (κ3) is 3.76. The average molecular weight is 346 g/mol. The van der Waals surface area contributed by atoms with Crippen LogP contribution in [-0.4, -0.2) is 60.6 Å². The second-order valence-corrected chi connectivity index (χ2v) is 6.62. The molecule has 0 radical (unpaired) electrons. The second kappa shape index (κ2) is 7.82. The first-order valence-corrected chi connectivity index (χ1v) is 9.02. The van der Waals surface area contributed by atoms with Gasteiger partial charge in [-0.2, -0.15) is 0 Å². The average Bonchev–Trinajstić information content (AvgIpc) is 2.67. The van der Waals surface area contributed by atoms with E-state index in [4.69, 9.17) is 10.5 Å². The molecule has 2 fully saturated rings. The minimum Gasteiger partial charge on any atom is -0.377 e. The number of piperazine rings is 1. The van der Waals surface area contributed by atoms with Crippen molar-refractivity contribution in [3.63, 3.8) is 0 Å². The van der Waals surface area contributed by atoms with Crippen LogP contribution in [0, 0.1) is 5.92 Å². The van der Waals surface area contributed by atoms with Gasteiger partial charge < -0.3 is 20.3 Å². The molecule has 0 spiro atoms. The van der Waals surface area contributed by atoms with Crippen molar-refractivity contribution in [1.82, 2.24) is 9.88 Å². The molecule has 1 aromatic rings. The van der Waals surface area contributed by atoms with Crippen LogP contribution in [0.4, 0.5) is 5.82 Å². The summed E-state index contributed by atoms with van der Waals surface area (Å²) in [5, 5.41) is 0. The van der Waals surface area contributed by atoms with Gasteiger partial charge in [0, 0.05) is 39.0 Å². The van der Waals surface area contributed by atoms with Gasteiger partial charge in [-0.3, -0.25) is 9.59 Å². The Hall–Kier alpha value is -2.15. The Labute approximate surface area is 148 Å². The van der Waals surface area contributed by atoms with Crippen LogP contribution in [-0.2, 0) is 9.53 Å². The number of rotatable bonds is 4. The predicted octanol–water partition coefficient (Wildman–Crippen LogP) is 1.03. The molecule has 2 aliphatic rings. The number of hydrogen-bond acceptors (Lipinski definition) is 5. The molecule has 2 saturated heterocycles. The lowest BCUT2D eigenvalue weighted by atomic mass is 9.91. The molecule has 3 rings (SSSR count).